The third-order valence-electron chi connectivity index (χ3n) is 6.44. The lowest BCUT2D eigenvalue weighted by Gasteiger charge is -2.35. The fraction of sp³-hybridized carbons (Fsp3) is 0.480. The van der Waals surface area contributed by atoms with Crippen molar-refractivity contribution in [2.75, 3.05) is 37.7 Å². The molecule has 2 aromatic carbocycles. The molecule has 6 nitrogen and oxygen atoms in total. The Morgan fingerprint density at radius 3 is 2.52 bits per heavy atom. The predicted octanol–water partition coefficient (Wildman–Crippen LogP) is 3.11. The fourth-order valence-corrected chi connectivity index (χ4v) is 4.39. The number of aryl methyl sites for hydroxylation is 1. The molecule has 1 aliphatic carbocycles. The number of rotatable bonds is 8. The minimum Gasteiger partial charge on any atom is -0.492 e. The van der Waals surface area contributed by atoms with Gasteiger partial charge in [-0.1, -0.05) is 12.1 Å². The number of aliphatic hydroxyl groups excluding tert-OH is 1. The maximum absolute atomic E-state index is 12.9. The van der Waals surface area contributed by atoms with Crippen LogP contribution in [0.2, 0.25) is 0 Å². The summed E-state index contributed by atoms with van der Waals surface area (Å²) in [7, 11) is 0. The molecule has 0 aromatic heterocycles. The highest BCUT2D eigenvalue weighted by atomic mass is 16.5. The summed E-state index contributed by atoms with van der Waals surface area (Å²) in [6, 6.07) is 14.1. The molecule has 2 saturated heterocycles. The van der Waals surface area contributed by atoms with Crippen molar-refractivity contribution >= 4 is 11.6 Å². The number of anilines is 1. The molecule has 0 spiro atoms. The molecule has 2 aromatic rings. The van der Waals surface area contributed by atoms with Crippen molar-refractivity contribution in [3.8, 4) is 11.5 Å². The van der Waals surface area contributed by atoms with Gasteiger partial charge in [-0.25, -0.2) is 0 Å². The zero-order chi connectivity index (χ0) is 21.4. The van der Waals surface area contributed by atoms with Gasteiger partial charge in [0.1, 0.15) is 18.1 Å². The Morgan fingerprint density at radius 1 is 1.06 bits per heavy atom. The first-order valence-electron chi connectivity index (χ1n) is 11.3. The van der Waals surface area contributed by atoms with Crippen molar-refractivity contribution in [3.63, 3.8) is 0 Å². The van der Waals surface area contributed by atoms with E-state index < -0.39 is 6.10 Å². The van der Waals surface area contributed by atoms with Crippen LogP contribution in [0.4, 0.5) is 5.69 Å². The monoisotopic (exact) mass is 422 g/mol. The van der Waals surface area contributed by atoms with Crippen molar-refractivity contribution in [1.82, 2.24) is 4.90 Å². The quantitative estimate of drug-likeness (QED) is 0.708. The second-order valence-corrected chi connectivity index (χ2v) is 8.94. The molecule has 0 unspecified atom stereocenters. The van der Waals surface area contributed by atoms with Gasteiger partial charge in [0, 0.05) is 38.3 Å². The molecule has 1 saturated carbocycles. The summed E-state index contributed by atoms with van der Waals surface area (Å²) in [6.45, 7) is 5.51. The van der Waals surface area contributed by atoms with Gasteiger partial charge in [0.25, 0.3) is 5.91 Å². The minimum absolute atomic E-state index is 0.00989. The van der Waals surface area contributed by atoms with Gasteiger partial charge in [0.15, 0.2) is 6.10 Å². The molecule has 1 N–H and O–H groups in total. The number of carbonyl (C=O) groups is 1. The van der Waals surface area contributed by atoms with E-state index in [0.29, 0.717) is 19.6 Å². The summed E-state index contributed by atoms with van der Waals surface area (Å²) in [5.41, 5.74) is 3.26. The Hall–Kier alpha value is -2.57. The van der Waals surface area contributed by atoms with Crippen LogP contribution in [-0.4, -0.2) is 60.9 Å². The van der Waals surface area contributed by atoms with Gasteiger partial charge in [-0.3, -0.25) is 9.69 Å². The van der Waals surface area contributed by atoms with Gasteiger partial charge < -0.3 is 19.5 Å². The van der Waals surface area contributed by atoms with Crippen LogP contribution in [0.3, 0.4) is 0 Å². The standard InChI is InChI=1S/C25H30N2O4/c1-17-14-20(6-9-23(17)30-13-12-26-15-21(28)16-26)27-11-10-24(25(27)29)31-22-7-4-19(5-8-22)18-2-3-18/h4-9,14,18,21,24,28H,2-3,10-13,15-16H2,1H3/t24-/m0/s1. The Bertz CT molecular complexity index is 935. The van der Waals surface area contributed by atoms with E-state index in [1.165, 1.54) is 18.4 Å². The number of benzene rings is 2. The number of hydrogen-bond donors (Lipinski definition) is 1. The first kappa shape index (κ1) is 20.3. The van der Waals surface area contributed by atoms with E-state index >= 15 is 0 Å². The van der Waals surface area contributed by atoms with Gasteiger partial charge in [-0.05, 0) is 67.1 Å². The molecule has 164 valence electrons. The number of aliphatic hydroxyl groups is 1. The van der Waals surface area contributed by atoms with E-state index in [2.05, 4.69) is 17.0 Å². The van der Waals surface area contributed by atoms with Gasteiger partial charge in [-0.2, -0.15) is 0 Å². The van der Waals surface area contributed by atoms with Crippen LogP contribution in [0.1, 0.15) is 36.3 Å². The minimum atomic E-state index is -0.435. The molecule has 0 bridgehead atoms. The number of hydrogen-bond acceptors (Lipinski definition) is 5. The molecule has 3 fully saturated rings. The van der Waals surface area contributed by atoms with Crippen molar-refractivity contribution in [1.29, 1.82) is 0 Å². The highest BCUT2D eigenvalue weighted by Gasteiger charge is 2.34. The van der Waals surface area contributed by atoms with E-state index in [4.69, 9.17) is 9.47 Å². The smallest absolute Gasteiger partial charge is 0.268 e. The van der Waals surface area contributed by atoms with Crippen LogP contribution in [-0.2, 0) is 4.79 Å². The predicted molar refractivity (Wildman–Crippen MR) is 119 cm³/mol. The van der Waals surface area contributed by atoms with Gasteiger partial charge in [0.2, 0.25) is 0 Å². The van der Waals surface area contributed by atoms with Crippen LogP contribution < -0.4 is 14.4 Å². The van der Waals surface area contributed by atoms with Gasteiger partial charge in [-0.15, -0.1) is 0 Å². The van der Waals surface area contributed by atoms with Crippen molar-refractivity contribution in [2.24, 2.45) is 0 Å². The van der Waals surface area contributed by atoms with E-state index in [0.717, 1.165) is 48.3 Å². The number of ether oxygens (including phenoxy) is 2. The van der Waals surface area contributed by atoms with Crippen LogP contribution >= 0.6 is 0 Å². The molecule has 1 amide bonds. The largest absolute Gasteiger partial charge is 0.492 e. The Morgan fingerprint density at radius 2 is 1.84 bits per heavy atom. The molecule has 6 heteroatoms. The Balaban J connectivity index is 1.16. The molecular formula is C25H30N2O4. The first-order valence-corrected chi connectivity index (χ1v) is 11.3. The third-order valence-corrected chi connectivity index (χ3v) is 6.44. The molecule has 1 atom stereocenters. The van der Waals surface area contributed by atoms with E-state index in [-0.39, 0.29) is 12.0 Å². The molecule has 31 heavy (non-hydrogen) atoms. The molecule has 3 aliphatic rings. The van der Waals surface area contributed by atoms with Crippen molar-refractivity contribution in [2.45, 2.75) is 44.3 Å². The zero-order valence-electron chi connectivity index (χ0n) is 18.0. The van der Waals surface area contributed by atoms with Crippen LogP contribution in [0.25, 0.3) is 0 Å². The van der Waals surface area contributed by atoms with Crippen LogP contribution in [0.15, 0.2) is 42.5 Å². The summed E-state index contributed by atoms with van der Waals surface area (Å²) in [4.78, 5) is 16.9. The SMILES string of the molecule is Cc1cc(N2CC[C@H](Oc3ccc(C4CC4)cc3)C2=O)ccc1OCCN1CC(O)C1. The average Bonchev–Trinajstić information content (AvgIpc) is 3.53. The average molecular weight is 423 g/mol. The summed E-state index contributed by atoms with van der Waals surface area (Å²) in [5, 5.41) is 9.35. The Kier molecular flexibility index (Phi) is 5.59. The highest BCUT2D eigenvalue weighted by molar-refractivity contribution is 5.99. The lowest BCUT2D eigenvalue weighted by molar-refractivity contribution is -0.122. The molecular weight excluding hydrogens is 392 g/mol. The fourth-order valence-electron chi connectivity index (χ4n) is 4.39. The summed E-state index contributed by atoms with van der Waals surface area (Å²) >= 11 is 0. The van der Waals surface area contributed by atoms with Crippen molar-refractivity contribution in [3.05, 3.63) is 53.6 Å². The maximum Gasteiger partial charge on any atom is 0.268 e. The van der Waals surface area contributed by atoms with Crippen LogP contribution in [0.5, 0.6) is 11.5 Å². The molecule has 2 aliphatic heterocycles. The van der Waals surface area contributed by atoms with Gasteiger partial charge in [0.05, 0.1) is 6.10 Å². The molecule has 2 heterocycles. The summed E-state index contributed by atoms with van der Waals surface area (Å²) in [5.74, 6) is 2.33. The van der Waals surface area contributed by atoms with Crippen molar-refractivity contribution < 1.29 is 19.4 Å². The number of likely N-dealkylation sites (tertiary alicyclic amines) is 1. The second kappa shape index (κ2) is 8.52. The highest BCUT2D eigenvalue weighted by Crippen LogP contribution is 2.40. The molecule has 5 rings (SSSR count). The number of β-amino-alcohol motifs (C(OH)–C–C–N with tert-alkyl or cyclic N) is 1. The zero-order valence-corrected chi connectivity index (χ0v) is 18.0. The van der Waals surface area contributed by atoms with Crippen LogP contribution in [0, 0.1) is 6.92 Å². The summed E-state index contributed by atoms with van der Waals surface area (Å²) in [6.07, 6.45) is 2.62. The van der Waals surface area contributed by atoms with E-state index in [1.54, 1.807) is 0 Å². The van der Waals surface area contributed by atoms with E-state index in [1.807, 2.05) is 42.2 Å². The lowest BCUT2D eigenvalue weighted by atomic mass is 10.1. The number of carbonyl (C=O) groups excluding carboxylic acids is 1. The number of amides is 1. The summed E-state index contributed by atoms with van der Waals surface area (Å²) < 4.78 is 11.9. The normalized spacial score (nSPS) is 21.9. The number of nitrogens with zero attached hydrogens (tertiary/aromatic N) is 2. The Labute approximate surface area is 183 Å². The molecule has 0 radical (unpaired) electrons. The maximum atomic E-state index is 12.9. The lowest BCUT2D eigenvalue weighted by Crippen LogP contribution is -2.51. The topological polar surface area (TPSA) is 62.2 Å². The van der Waals surface area contributed by atoms with Gasteiger partial charge >= 0.3 is 0 Å². The third kappa shape index (κ3) is 4.55. The second-order valence-electron chi connectivity index (χ2n) is 8.94. The first-order chi connectivity index (χ1) is 15.1. The van der Waals surface area contributed by atoms with E-state index in [9.17, 15) is 9.90 Å².